The van der Waals surface area contributed by atoms with Crippen LogP contribution in [0.5, 0.6) is 5.75 Å². The van der Waals surface area contributed by atoms with E-state index < -0.39 is 0 Å². The Labute approximate surface area is 109 Å². The van der Waals surface area contributed by atoms with Crippen molar-refractivity contribution in [1.82, 2.24) is 5.32 Å². The van der Waals surface area contributed by atoms with Crippen molar-refractivity contribution in [2.24, 2.45) is 0 Å². The lowest BCUT2D eigenvalue weighted by Gasteiger charge is -2.09. The number of amides is 1. The Morgan fingerprint density at radius 3 is 2.94 bits per heavy atom. The number of methoxy groups -OCH3 is 1. The zero-order chi connectivity index (χ0) is 12.0. The highest BCUT2D eigenvalue weighted by molar-refractivity contribution is 9.10. The van der Waals surface area contributed by atoms with Crippen molar-refractivity contribution in [3.05, 3.63) is 28.2 Å². The summed E-state index contributed by atoms with van der Waals surface area (Å²) < 4.78 is 6.17. The van der Waals surface area contributed by atoms with Gasteiger partial charge in [0.1, 0.15) is 5.75 Å². The summed E-state index contributed by atoms with van der Waals surface area (Å²) in [6.07, 6.45) is 0.430. The summed E-state index contributed by atoms with van der Waals surface area (Å²) in [4.78, 5) is 11.3. The van der Waals surface area contributed by atoms with E-state index in [1.807, 2.05) is 18.2 Å². The monoisotopic (exact) mass is 303 g/mol. The SMILES string of the molecule is COc1ccc(Br)cc1CNC(=O)CCS. The highest BCUT2D eigenvalue weighted by atomic mass is 79.9. The fourth-order valence-corrected chi connectivity index (χ4v) is 1.88. The van der Waals surface area contributed by atoms with Gasteiger partial charge in [-0.25, -0.2) is 0 Å². The summed E-state index contributed by atoms with van der Waals surface area (Å²) in [6, 6.07) is 5.70. The molecule has 0 atom stereocenters. The third kappa shape index (κ3) is 4.06. The second-order valence-electron chi connectivity index (χ2n) is 3.21. The molecule has 0 aliphatic rings. The third-order valence-corrected chi connectivity index (χ3v) is 2.77. The Morgan fingerprint density at radius 1 is 1.56 bits per heavy atom. The number of carbonyl (C=O) groups is 1. The third-order valence-electron chi connectivity index (χ3n) is 2.06. The maximum atomic E-state index is 11.3. The Hall–Kier alpha value is -0.680. The molecule has 0 aliphatic heterocycles. The first-order valence-corrected chi connectivity index (χ1v) is 6.30. The fraction of sp³-hybridized carbons (Fsp3) is 0.364. The zero-order valence-corrected chi connectivity index (χ0v) is 11.5. The largest absolute Gasteiger partial charge is 0.496 e. The smallest absolute Gasteiger partial charge is 0.221 e. The van der Waals surface area contributed by atoms with Gasteiger partial charge in [-0.2, -0.15) is 12.6 Å². The van der Waals surface area contributed by atoms with Crippen molar-refractivity contribution in [3.8, 4) is 5.75 Å². The maximum absolute atomic E-state index is 11.3. The number of nitrogens with one attached hydrogen (secondary N) is 1. The molecule has 1 rings (SSSR count). The number of hydrogen-bond acceptors (Lipinski definition) is 3. The van der Waals surface area contributed by atoms with Crippen molar-refractivity contribution >= 4 is 34.5 Å². The first-order valence-electron chi connectivity index (χ1n) is 4.87. The summed E-state index contributed by atoms with van der Waals surface area (Å²) in [5.74, 6) is 1.33. The molecule has 1 N–H and O–H groups in total. The minimum Gasteiger partial charge on any atom is -0.496 e. The molecule has 88 valence electrons. The molecular weight excluding hydrogens is 290 g/mol. The average molecular weight is 304 g/mol. The van der Waals surface area contributed by atoms with Crippen LogP contribution in [0.25, 0.3) is 0 Å². The Morgan fingerprint density at radius 2 is 2.31 bits per heavy atom. The second-order valence-corrected chi connectivity index (χ2v) is 4.57. The van der Waals surface area contributed by atoms with E-state index in [1.165, 1.54) is 0 Å². The van der Waals surface area contributed by atoms with Crippen LogP contribution in [0.3, 0.4) is 0 Å². The van der Waals surface area contributed by atoms with Gasteiger partial charge in [0.05, 0.1) is 7.11 Å². The van der Waals surface area contributed by atoms with E-state index >= 15 is 0 Å². The second kappa shape index (κ2) is 6.81. The highest BCUT2D eigenvalue weighted by Crippen LogP contribution is 2.22. The molecule has 0 radical (unpaired) electrons. The van der Waals surface area contributed by atoms with E-state index in [9.17, 15) is 4.79 Å². The van der Waals surface area contributed by atoms with Crippen LogP contribution < -0.4 is 10.1 Å². The van der Waals surface area contributed by atoms with Crippen molar-refractivity contribution < 1.29 is 9.53 Å². The normalized spacial score (nSPS) is 9.94. The number of carbonyl (C=O) groups excluding carboxylic acids is 1. The van der Waals surface area contributed by atoms with Crippen LogP contribution in [-0.2, 0) is 11.3 Å². The number of thiol groups is 1. The van der Waals surface area contributed by atoms with Crippen LogP contribution in [0.15, 0.2) is 22.7 Å². The molecule has 0 fully saturated rings. The van der Waals surface area contributed by atoms with Crippen molar-refractivity contribution in [2.45, 2.75) is 13.0 Å². The molecule has 0 saturated carbocycles. The predicted octanol–water partition coefficient (Wildman–Crippen LogP) is 2.39. The molecule has 1 aromatic rings. The maximum Gasteiger partial charge on any atom is 0.221 e. The van der Waals surface area contributed by atoms with Crippen LogP contribution in [0.4, 0.5) is 0 Å². The topological polar surface area (TPSA) is 38.3 Å². The molecule has 0 saturated heterocycles. The molecule has 0 aromatic heterocycles. The van der Waals surface area contributed by atoms with Gasteiger partial charge in [0, 0.05) is 23.0 Å². The number of halogens is 1. The van der Waals surface area contributed by atoms with E-state index in [1.54, 1.807) is 7.11 Å². The van der Waals surface area contributed by atoms with Gasteiger partial charge in [0.15, 0.2) is 0 Å². The molecule has 16 heavy (non-hydrogen) atoms. The molecule has 0 aliphatic carbocycles. The number of ether oxygens (including phenoxy) is 1. The molecule has 3 nitrogen and oxygen atoms in total. The molecule has 0 unspecified atom stereocenters. The number of benzene rings is 1. The summed E-state index contributed by atoms with van der Waals surface area (Å²) >= 11 is 7.38. The minimum atomic E-state index is -0.00275. The van der Waals surface area contributed by atoms with Gasteiger partial charge in [-0.1, -0.05) is 15.9 Å². The zero-order valence-electron chi connectivity index (χ0n) is 9.00. The Balaban J connectivity index is 2.65. The van der Waals surface area contributed by atoms with Crippen molar-refractivity contribution in [2.75, 3.05) is 12.9 Å². The lowest BCUT2D eigenvalue weighted by Crippen LogP contribution is -2.23. The molecule has 0 spiro atoms. The van der Waals surface area contributed by atoms with Crippen LogP contribution in [0.2, 0.25) is 0 Å². The molecule has 1 amide bonds. The van der Waals surface area contributed by atoms with Crippen LogP contribution in [0, 0.1) is 0 Å². The van der Waals surface area contributed by atoms with Gasteiger partial charge < -0.3 is 10.1 Å². The predicted molar refractivity (Wildman–Crippen MR) is 71.0 cm³/mol. The highest BCUT2D eigenvalue weighted by Gasteiger charge is 2.05. The van der Waals surface area contributed by atoms with Crippen molar-refractivity contribution in [3.63, 3.8) is 0 Å². The standard InChI is InChI=1S/C11H14BrNO2S/c1-15-10-3-2-9(12)6-8(10)7-13-11(14)4-5-16/h2-3,6,16H,4-5,7H2,1H3,(H,13,14). The van der Waals surface area contributed by atoms with E-state index in [-0.39, 0.29) is 5.91 Å². The minimum absolute atomic E-state index is 0.00275. The van der Waals surface area contributed by atoms with E-state index in [2.05, 4.69) is 33.9 Å². The summed E-state index contributed by atoms with van der Waals surface area (Å²) in [5, 5.41) is 2.81. The molecule has 0 bridgehead atoms. The number of rotatable bonds is 5. The van der Waals surface area contributed by atoms with E-state index in [0.717, 1.165) is 15.8 Å². The van der Waals surface area contributed by atoms with E-state index in [0.29, 0.717) is 18.7 Å². The van der Waals surface area contributed by atoms with Crippen molar-refractivity contribution in [1.29, 1.82) is 0 Å². The lowest BCUT2D eigenvalue weighted by atomic mass is 10.2. The summed E-state index contributed by atoms with van der Waals surface area (Å²) in [6.45, 7) is 0.467. The molecule has 5 heteroatoms. The van der Waals surface area contributed by atoms with Gasteiger partial charge in [-0.05, 0) is 24.0 Å². The lowest BCUT2D eigenvalue weighted by molar-refractivity contribution is -0.120. The Kier molecular flexibility index (Phi) is 5.69. The first-order chi connectivity index (χ1) is 7.67. The average Bonchev–Trinajstić information content (AvgIpc) is 2.27. The first kappa shape index (κ1) is 13.4. The Bertz CT molecular complexity index is 371. The van der Waals surface area contributed by atoms with Gasteiger partial charge in [-0.3, -0.25) is 4.79 Å². The van der Waals surface area contributed by atoms with Crippen LogP contribution in [0.1, 0.15) is 12.0 Å². The summed E-state index contributed by atoms with van der Waals surface area (Å²) in [5.41, 5.74) is 0.949. The molecular formula is C11H14BrNO2S. The van der Waals surface area contributed by atoms with Gasteiger partial charge in [-0.15, -0.1) is 0 Å². The molecule has 1 aromatic carbocycles. The summed E-state index contributed by atoms with van der Waals surface area (Å²) in [7, 11) is 1.61. The van der Waals surface area contributed by atoms with Crippen LogP contribution in [-0.4, -0.2) is 18.8 Å². The number of hydrogen-bond donors (Lipinski definition) is 2. The quantitative estimate of drug-likeness (QED) is 0.820. The van der Waals surface area contributed by atoms with Gasteiger partial charge in [0.2, 0.25) is 5.91 Å². The molecule has 0 heterocycles. The van der Waals surface area contributed by atoms with E-state index in [4.69, 9.17) is 4.74 Å². The van der Waals surface area contributed by atoms with Gasteiger partial charge >= 0.3 is 0 Å². The fourth-order valence-electron chi connectivity index (χ4n) is 1.27. The van der Waals surface area contributed by atoms with Gasteiger partial charge in [0.25, 0.3) is 0 Å². The van der Waals surface area contributed by atoms with Crippen LogP contribution >= 0.6 is 28.6 Å².